The van der Waals surface area contributed by atoms with Crippen LogP contribution in [0, 0.1) is 0 Å². The van der Waals surface area contributed by atoms with Crippen LogP contribution >= 0.6 is 0 Å². The third-order valence-corrected chi connectivity index (χ3v) is 3.64. The predicted molar refractivity (Wildman–Crippen MR) is 85.5 cm³/mol. The molecule has 0 fully saturated rings. The van der Waals surface area contributed by atoms with Gasteiger partial charge >= 0.3 is 6.36 Å². The summed E-state index contributed by atoms with van der Waals surface area (Å²) in [5.74, 6) is -0.513. The number of aryl methyl sites for hydroxylation is 1. The normalized spacial score (nSPS) is 11.5. The molecule has 0 saturated heterocycles. The molecule has 0 aliphatic rings. The smallest absolute Gasteiger partial charge is 0.405 e. The number of hydrogen-bond donors (Lipinski definition) is 0. The van der Waals surface area contributed by atoms with Crippen molar-refractivity contribution in [3.8, 4) is 5.75 Å². The van der Waals surface area contributed by atoms with Gasteiger partial charge in [-0.25, -0.2) is 4.68 Å². The summed E-state index contributed by atoms with van der Waals surface area (Å²) >= 11 is 0. The molecule has 1 aromatic heterocycles. The van der Waals surface area contributed by atoms with Gasteiger partial charge in [0.1, 0.15) is 5.75 Å². The lowest BCUT2D eigenvalue weighted by atomic mass is 10.1. The molecular weight excluding hydrogens is 335 g/mol. The van der Waals surface area contributed by atoms with Gasteiger partial charge in [-0.1, -0.05) is 37.5 Å². The van der Waals surface area contributed by atoms with Crippen LogP contribution in [0.5, 0.6) is 5.75 Å². The van der Waals surface area contributed by atoms with Gasteiger partial charge < -0.3 is 4.74 Å². The Balaban J connectivity index is 2.00. The molecule has 0 unspecified atom stereocenters. The van der Waals surface area contributed by atoms with E-state index in [9.17, 15) is 18.0 Å². The van der Waals surface area contributed by atoms with Crippen LogP contribution in [-0.4, -0.2) is 27.6 Å². The van der Waals surface area contributed by atoms with E-state index in [0.29, 0.717) is 18.4 Å². The Morgan fingerprint density at radius 3 is 2.72 bits per heavy atom. The summed E-state index contributed by atoms with van der Waals surface area (Å²) in [6, 6.07) is 3.96. The molecule has 0 N–H and O–H groups in total. The highest BCUT2D eigenvalue weighted by molar-refractivity contribution is 5.79. The van der Waals surface area contributed by atoms with Gasteiger partial charge in [-0.3, -0.25) is 4.79 Å². The maximum Gasteiger partial charge on any atom is 0.573 e. The summed E-state index contributed by atoms with van der Waals surface area (Å²) in [4.78, 5) is 11.0. The number of benzene rings is 1. The number of hydrogen-bond acceptors (Lipinski definition) is 4. The Hall–Kier alpha value is -2.38. The molecule has 0 radical (unpaired) electrons. The number of aromatic nitrogens is 3. The van der Waals surface area contributed by atoms with Gasteiger partial charge in [-0.05, 0) is 30.5 Å². The second-order valence-electron chi connectivity index (χ2n) is 5.76. The van der Waals surface area contributed by atoms with Crippen LogP contribution in [0.4, 0.5) is 13.2 Å². The summed E-state index contributed by atoms with van der Waals surface area (Å²) < 4.78 is 42.3. The van der Waals surface area contributed by atoms with Crippen molar-refractivity contribution in [3.05, 3.63) is 41.2 Å². The van der Waals surface area contributed by atoms with Crippen LogP contribution in [0.15, 0.2) is 24.4 Å². The number of carbonyl (C=O) groups is 1. The maximum atomic E-state index is 12.3. The summed E-state index contributed by atoms with van der Waals surface area (Å²) in [6.07, 6.45) is 2.71. The van der Waals surface area contributed by atoms with Gasteiger partial charge in [-0.15, -0.1) is 18.3 Å². The first-order valence-corrected chi connectivity index (χ1v) is 8.14. The number of nitrogens with zero attached hydrogens (tertiary/aromatic N) is 3. The van der Waals surface area contributed by atoms with Crippen molar-refractivity contribution in [2.45, 2.75) is 51.9 Å². The molecular formula is C17H20F3N3O2. The van der Waals surface area contributed by atoms with Crippen molar-refractivity contribution in [1.82, 2.24) is 15.0 Å². The topological polar surface area (TPSA) is 57.0 Å². The first-order chi connectivity index (χ1) is 11.9. The third kappa shape index (κ3) is 6.21. The van der Waals surface area contributed by atoms with Gasteiger partial charge in [0.15, 0.2) is 6.29 Å². The molecule has 0 saturated carbocycles. The van der Waals surface area contributed by atoms with E-state index in [1.54, 1.807) is 4.68 Å². The minimum Gasteiger partial charge on any atom is -0.405 e. The predicted octanol–water partition coefficient (Wildman–Crippen LogP) is 4.16. The van der Waals surface area contributed by atoms with Crippen LogP contribution in [0.2, 0.25) is 0 Å². The van der Waals surface area contributed by atoms with E-state index in [0.717, 1.165) is 31.0 Å². The molecule has 0 aliphatic carbocycles. The van der Waals surface area contributed by atoms with Crippen molar-refractivity contribution in [2.24, 2.45) is 0 Å². The van der Waals surface area contributed by atoms with Crippen molar-refractivity contribution >= 4 is 6.29 Å². The highest BCUT2D eigenvalue weighted by Gasteiger charge is 2.32. The molecule has 136 valence electrons. The molecule has 25 heavy (non-hydrogen) atoms. The molecule has 1 aromatic carbocycles. The highest BCUT2D eigenvalue weighted by Crippen LogP contribution is 2.26. The molecule has 0 atom stereocenters. The SMILES string of the molecule is CCCCCCc1cn(Cc2ccc(OC(F)(F)F)c(C=O)c2)nn1. The maximum absolute atomic E-state index is 12.3. The summed E-state index contributed by atoms with van der Waals surface area (Å²) in [7, 11) is 0. The third-order valence-electron chi connectivity index (χ3n) is 3.64. The molecule has 1 heterocycles. The number of alkyl halides is 3. The molecule has 5 nitrogen and oxygen atoms in total. The molecule has 0 bridgehead atoms. The van der Waals surface area contributed by atoms with Gasteiger partial charge in [0.05, 0.1) is 17.8 Å². The van der Waals surface area contributed by atoms with E-state index in [4.69, 9.17) is 0 Å². The van der Waals surface area contributed by atoms with Crippen LogP contribution in [0.1, 0.15) is 54.2 Å². The standard InChI is InChI=1S/C17H20F3N3O2/c1-2-3-4-5-6-15-11-23(22-21-15)10-13-7-8-16(14(9-13)12-24)25-17(18,19)20/h7-9,11-12H,2-6,10H2,1H3. The number of aldehydes is 1. The Labute approximate surface area is 143 Å². The lowest BCUT2D eigenvalue weighted by Crippen LogP contribution is -2.18. The number of halogens is 3. The molecule has 0 spiro atoms. The fourth-order valence-corrected chi connectivity index (χ4v) is 2.46. The van der Waals surface area contributed by atoms with E-state index in [1.165, 1.54) is 25.0 Å². The van der Waals surface area contributed by atoms with Crippen molar-refractivity contribution in [2.75, 3.05) is 0 Å². The molecule has 0 amide bonds. The van der Waals surface area contributed by atoms with Gasteiger partial charge in [0.25, 0.3) is 0 Å². The van der Waals surface area contributed by atoms with Crippen LogP contribution in [0.3, 0.4) is 0 Å². The average molecular weight is 355 g/mol. The minimum absolute atomic E-state index is 0.158. The average Bonchev–Trinajstić information content (AvgIpc) is 2.99. The van der Waals surface area contributed by atoms with Gasteiger partial charge in [-0.2, -0.15) is 0 Å². The number of ether oxygens (including phenoxy) is 1. The van der Waals surface area contributed by atoms with Crippen molar-refractivity contribution in [1.29, 1.82) is 0 Å². The monoisotopic (exact) mass is 355 g/mol. The second kappa shape index (κ2) is 8.64. The first kappa shape index (κ1) is 19.0. The van der Waals surface area contributed by atoms with Crippen molar-refractivity contribution in [3.63, 3.8) is 0 Å². The summed E-state index contributed by atoms with van der Waals surface area (Å²) in [5, 5.41) is 8.10. The Bertz CT molecular complexity index is 699. The Morgan fingerprint density at radius 2 is 2.04 bits per heavy atom. The zero-order chi connectivity index (χ0) is 18.3. The number of carbonyl (C=O) groups excluding carboxylic acids is 1. The van der Waals surface area contributed by atoms with E-state index >= 15 is 0 Å². The number of unbranched alkanes of at least 4 members (excludes halogenated alkanes) is 3. The van der Waals surface area contributed by atoms with Crippen molar-refractivity contribution < 1.29 is 22.7 Å². The van der Waals surface area contributed by atoms with E-state index in [1.807, 2.05) is 6.20 Å². The first-order valence-electron chi connectivity index (χ1n) is 8.14. The zero-order valence-corrected chi connectivity index (χ0v) is 13.9. The molecule has 2 rings (SSSR count). The molecule has 2 aromatic rings. The van der Waals surface area contributed by atoms with Crippen LogP contribution in [0.25, 0.3) is 0 Å². The molecule has 8 heteroatoms. The quantitative estimate of drug-likeness (QED) is 0.501. The number of rotatable bonds is 9. The van der Waals surface area contributed by atoms with Crippen LogP contribution in [-0.2, 0) is 13.0 Å². The second-order valence-corrected chi connectivity index (χ2v) is 5.76. The van der Waals surface area contributed by atoms with E-state index in [-0.39, 0.29) is 5.56 Å². The van der Waals surface area contributed by atoms with Gasteiger partial charge in [0.2, 0.25) is 0 Å². The highest BCUT2D eigenvalue weighted by atomic mass is 19.4. The lowest BCUT2D eigenvalue weighted by molar-refractivity contribution is -0.274. The van der Waals surface area contributed by atoms with E-state index in [2.05, 4.69) is 22.0 Å². The zero-order valence-electron chi connectivity index (χ0n) is 13.9. The fraction of sp³-hybridized carbons (Fsp3) is 0.471. The largest absolute Gasteiger partial charge is 0.573 e. The minimum atomic E-state index is -4.84. The van der Waals surface area contributed by atoms with E-state index < -0.39 is 12.1 Å². The lowest BCUT2D eigenvalue weighted by Gasteiger charge is -2.11. The summed E-state index contributed by atoms with van der Waals surface area (Å²) in [5.41, 5.74) is 1.36. The Morgan fingerprint density at radius 1 is 1.24 bits per heavy atom. The molecule has 0 aliphatic heterocycles. The fourth-order valence-electron chi connectivity index (χ4n) is 2.46. The summed E-state index contributed by atoms with van der Waals surface area (Å²) in [6.45, 7) is 2.46. The van der Waals surface area contributed by atoms with Gasteiger partial charge in [0, 0.05) is 6.20 Å². The Kier molecular flexibility index (Phi) is 6.55. The van der Waals surface area contributed by atoms with Crippen LogP contribution < -0.4 is 4.74 Å².